The molecule has 3 aromatic rings. The molecule has 0 fully saturated rings. The SMILES string of the molecule is CCOc1cc(/C=N/NC(=O)c2cc3cc(Cl)ccc3o2)cc(Cl)c1OC. The number of hydrogen-bond acceptors (Lipinski definition) is 5. The van der Waals surface area contributed by atoms with Gasteiger partial charge in [0.15, 0.2) is 17.3 Å². The molecule has 0 unspecified atom stereocenters. The summed E-state index contributed by atoms with van der Waals surface area (Å²) in [6.07, 6.45) is 1.45. The number of nitrogens with zero attached hydrogens (tertiary/aromatic N) is 1. The Balaban J connectivity index is 1.75. The van der Waals surface area contributed by atoms with Gasteiger partial charge in [-0.2, -0.15) is 5.10 Å². The van der Waals surface area contributed by atoms with Crippen LogP contribution in [0.4, 0.5) is 0 Å². The highest BCUT2D eigenvalue weighted by molar-refractivity contribution is 6.32. The quantitative estimate of drug-likeness (QED) is 0.466. The Morgan fingerprint density at radius 1 is 1.26 bits per heavy atom. The average Bonchev–Trinajstić information content (AvgIpc) is 3.05. The molecule has 1 amide bonds. The molecule has 6 nitrogen and oxygen atoms in total. The monoisotopic (exact) mass is 406 g/mol. The van der Waals surface area contributed by atoms with Crippen molar-refractivity contribution in [3.8, 4) is 11.5 Å². The third-order valence-corrected chi connectivity index (χ3v) is 4.13. The molecule has 0 aliphatic heterocycles. The third-order valence-electron chi connectivity index (χ3n) is 3.62. The molecule has 140 valence electrons. The normalized spacial score (nSPS) is 11.1. The number of hydrogen-bond donors (Lipinski definition) is 1. The molecule has 3 rings (SSSR count). The van der Waals surface area contributed by atoms with Gasteiger partial charge in [0.2, 0.25) is 0 Å². The lowest BCUT2D eigenvalue weighted by Gasteiger charge is -2.11. The van der Waals surface area contributed by atoms with Crippen LogP contribution < -0.4 is 14.9 Å². The van der Waals surface area contributed by atoms with Gasteiger partial charge in [-0.3, -0.25) is 4.79 Å². The summed E-state index contributed by atoms with van der Waals surface area (Å²) in [5.74, 6) is 0.588. The third kappa shape index (κ3) is 4.35. The van der Waals surface area contributed by atoms with E-state index in [9.17, 15) is 4.79 Å². The van der Waals surface area contributed by atoms with Gasteiger partial charge in [-0.15, -0.1) is 0 Å². The number of benzene rings is 2. The zero-order valence-corrected chi connectivity index (χ0v) is 16.1. The number of ether oxygens (including phenoxy) is 2. The topological polar surface area (TPSA) is 73.1 Å². The van der Waals surface area contributed by atoms with E-state index in [0.717, 1.165) is 5.39 Å². The van der Waals surface area contributed by atoms with Crippen LogP contribution in [0.1, 0.15) is 23.0 Å². The van der Waals surface area contributed by atoms with Crippen LogP contribution in [0.25, 0.3) is 11.0 Å². The first-order valence-corrected chi connectivity index (χ1v) is 8.80. The average molecular weight is 407 g/mol. The summed E-state index contributed by atoms with van der Waals surface area (Å²) in [4.78, 5) is 12.2. The van der Waals surface area contributed by atoms with Gasteiger partial charge < -0.3 is 13.9 Å². The number of fused-ring (bicyclic) bond motifs is 1. The van der Waals surface area contributed by atoms with E-state index in [-0.39, 0.29) is 5.76 Å². The van der Waals surface area contributed by atoms with Gasteiger partial charge in [0.1, 0.15) is 5.58 Å². The van der Waals surface area contributed by atoms with Gasteiger partial charge >= 0.3 is 5.91 Å². The molecule has 0 bridgehead atoms. The largest absolute Gasteiger partial charge is 0.491 e. The van der Waals surface area contributed by atoms with Crippen LogP contribution in [0.3, 0.4) is 0 Å². The van der Waals surface area contributed by atoms with Crippen molar-refractivity contribution in [3.63, 3.8) is 0 Å². The maximum Gasteiger partial charge on any atom is 0.307 e. The number of methoxy groups -OCH3 is 1. The molecular formula is C19H16Cl2N2O4. The van der Waals surface area contributed by atoms with Crippen LogP contribution in [0, 0.1) is 0 Å². The fourth-order valence-corrected chi connectivity index (χ4v) is 2.95. The first-order valence-electron chi connectivity index (χ1n) is 8.04. The highest BCUT2D eigenvalue weighted by Gasteiger charge is 2.13. The number of halogens is 2. The molecule has 1 N–H and O–H groups in total. The summed E-state index contributed by atoms with van der Waals surface area (Å²) in [5, 5.41) is 5.62. The predicted octanol–water partition coefficient (Wildman–Crippen LogP) is 4.91. The van der Waals surface area contributed by atoms with Crippen molar-refractivity contribution in [2.24, 2.45) is 5.10 Å². The van der Waals surface area contributed by atoms with Gasteiger partial charge in [-0.25, -0.2) is 5.43 Å². The molecule has 0 aliphatic carbocycles. The number of carbonyl (C=O) groups excluding carboxylic acids is 1. The van der Waals surface area contributed by atoms with Crippen LogP contribution in [0.5, 0.6) is 11.5 Å². The van der Waals surface area contributed by atoms with Gasteiger partial charge in [-0.1, -0.05) is 23.2 Å². The molecule has 8 heteroatoms. The van der Waals surface area contributed by atoms with Gasteiger partial charge in [0.05, 0.1) is 25.0 Å². The smallest absolute Gasteiger partial charge is 0.307 e. The van der Waals surface area contributed by atoms with E-state index >= 15 is 0 Å². The van der Waals surface area contributed by atoms with Crippen molar-refractivity contribution in [1.82, 2.24) is 5.43 Å². The number of carbonyl (C=O) groups is 1. The zero-order valence-electron chi connectivity index (χ0n) is 14.6. The Morgan fingerprint density at radius 2 is 2.07 bits per heavy atom. The lowest BCUT2D eigenvalue weighted by molar-refractivity contribution is 0.0929. The molecule has 1 heterocycles. The highest BCUT2D eigenvalue weighted by atomic mass is 35.5. The molecule has 0 spiro atoms. The maximum atomic E-state index is 12.2. The molecular weight excluding hydrogens is 391 g/mol. The van der Waals surface area contributed by atoms with Crippen molar-refractivity contribution in [3.05, 3.63) is 57.8 Å². The summed E-state index contributed by atoms with van der Waals surface area (Å²) in [6.45, 7) is 2.31. The molecule has 0 radical (unpaired) electrons. The molecule has 0 saturated heterocycles. The molecule has 0 atom stereocenters. The minimum Gasteiger partial charge on any atom is -0.491 e. The fraction of sp³-hybridized carbons (Fsp3) is 0.158. The second-order valence-electron chi connectivity index (χ2n) is 5.46. The van der Waals surface area contributed by atoms with Crippen molar-refractivity contribution < 1.29 is 18.7 Å². The first kappa shape index (κ1) is 19.1. The zero-order chi connectivity index (χ0) is 19.4. The van der Waals surface area contributed by atoms with E-state index in [1.807, 2.05) is 6.92 Å². The Labute approximate surface area is 165 Å². The fourth-order valence-electron chi connectivity index (χ4n) is 2.47. The van der Waals surface area contributed by atoms with Crippen LogP contribution in [-0.2, 0) is 0 Å². The number of amides is 1. The second kappa shape index (κ2) is 8.33. The van der Waals surface area contributed by atoms with E-state index in [1.165, 1.54) is 13.3 Å². The summed E-state index contributed by atoms with van der Waals surface area (Å²) >= 11 is 12.1. The lowest BCUT2D eigenvalue weighted by atomic mass is 10.2. The predicted molar refractivity (Wildman–Crippen MR) is 105 cm³/mol. The summed E-state index contributed by atoms with van der Waals surface area (Å²) in [6, 6.07) is 10.1. The van der Waals surface area contributed by atoms with Gasteiger partial charge in [-0.05, 0) is 48.9 Å². The first-order chi connectivity index (χ1) is 13.0. The van der Waals surface area contributed by atoms with Crippen LogP contribution >= 0.6 is 23.2 Å². The second-order valence-corrected chi connectivity index (χ2v) is 6.30. The molecule has 0 saturated carbocycles. The van der Waals surface area contributed by atoms with Gasteiger partial charge in [0.25, 0.3) is 0 Å². The number of nitrogens with one attached hydrogen (secondary N) is 1. The maximum absolute atomic E-state index is 12.2. The van der Waals surface area contributed by atoms with Crippen LogP contribution in [-0.4, -0.2) is 25.8 Å². The van der Waals surface area contributed by atoms with Crippen molar-refractivity contribution >= 4 is 46.3 Å². The number of rotatable bonds is 6. The Bertz CT molecular complexity index is 1010. The van der Waals surface area contributed by atoms with Gasteiger partial charge in [0, 0.05) is 10.4 Å². The van der Waals surface area contributed by atoms with Crippen molar-refractivity contribution in [2.75, 3.05) is 13.7 Å². The molecule has 2 aromatic carbocycles. The van der Waals surface area contributed by atoms with E-state index < -0.39 is 5.91 Å². The van der Waals surface area contributed by atoms with Crippen molar-refractivity contribution in [1.29, 1.82) is 0 Å². The molecule has 0 aliphatic rings. The number of furan rings is 1. The van der Waals surface area contributed by atoms with E-state index in [1.54, 1.807) is 36.4 Å². The molecule has 1 aromatic heterocycles. The summed E-state index contributed by atoms with van der Waals surface area (Å²) < 4.78 is 16.2. The lowest BCUT2D eigenvalue weighted by Crippen LogP contribution is -2.16. The number of hydrazone groups is 1. The summed E-state index contributed by atoms with van der Waals surface area (Å²) in [7, 11) is 1.51. The van der Waals surface area contributed by atoms with E-state index in [4.69, 9.17) is 37.1 Å². The summed E-state index contributed by atoms with van der Waals surface area (Å²) in [5.41, 5.74) is 3.62. The standard InChI is InChI=1S/C19H16Cl2N2O4/c1-3-26-16-7-11(6-14(21)18(16)25-2)10-22-23-19(24)17-9-12-8-13(20)4-5-15(12)27-17/h4-10H,3H2,1-2H3,(H,23,24)/b22-10+. The Morgan fingerprint density at radius 3 is 2.81 bits per heavy atom. The van der Waals surface area contributed by atoms with Crippen LogP contribution in [0.15, 0.2) is 45.9 Å². The van der Waals surface area contributed by atoms with E-state index in [2.05, 4.69) is 10.5 Å². The minimum atomic E-state index is -0.483. The Hall–Kier alpha value is -2.70. The van der Waals surface area contributed by atoms with E-state index in [0.29, 0.717) is 39.3 Å². The minimum absolute atomic E-state index is 0.132. The van der Waals surface area contributed by atoms with Crippen molar-refractivity contribution in [2.45, 2.75) is 6.92 Å². The highest BCUT2D eigenvalue weighted by Crippen LogP contribution is 2.35. The molecule has 27 heavy (non-hydrogen) atoms. The Kier molecular flexibility index (Phi) is 5.88. The van der Waals surface area contributed by atoms with Crippen LogP contribution in [0.2, 0.25) is 10.0 Å².